The molecule has 0 aliphatic carbocycles. The maximum absolute atomic E-state index is 13.7. The second-order valence-corrected chi connectivity index (χ2v) is 7.68. The van der Waals surface area contributed by atoms with Gasteiger partial charge in [0.2, 0.25) is 15.9 Å². The molecule has 8 heteroatoms. The number of benzene rings is 2. The molecule has 0 aromatic heterocycles. The molecule has 0 saturated heterocycles. The van der Waals surface area contributed by atoms with Gasteiger partial charge in [-0.15, -0.1) is 0 Å². The average molecular weight is 382 g/mol. The van der Waals surface area contributed by atoms with E-state index in [9.17, 15) is 22.0 Å². The van der Waals surface area contributed by atoms with Crippen molar-refractivity contribution in [2.45, 2.75) is 31.2 Å². The van der Waals surface area contributed by atoms with Crippen LogP contribution in [0.5, 0.6) is 0 Å². The van der Waals surface area contributed by atoms with E-state index in [2.05, 4.69) is 10.0 Å². The molecular formula is C18H20F2N2O3S. The Balaban J connectivity index is 1.87. The topological polar surface area (TPSA) is 75.3 Å². The molecule has 0 fully saturated rings. The van der Waals surface area contributed by atoms with Crippen molar-refractivity contribution < 1.29 is 22.0 Å². The van der Waals surface area contributed by atoms with Crippen LogP contribution in [-0.2, 0) is 14.8 Å². The molecule has 0 bridgehead atoms. The molecule has 1 atom stereocenters. The van der Waals surface area contributed by atoms with E-state index in [-0.39, 0.29) is 23.4 Å². The van der Waals surface area contributed by atoms with Crippen LogP contribution in [0.1, 0.15) is 30.5 Å². The third kappa shape index (κ3) is 5.34. The van der Waals surface area contributed by atoms with Crippen molar-refractivity contribution in [3.8, 4) is 0 Å². The molecule has 5 nitrogen and oxygen atoms in total. The fourth-order valence-electron chi connectivity index (χ4n) is 2.34. The third-order valence-corrected chi connectivity index (χ3v) is 5.26. The van der Waals surface area contributed by atoms with Crippen molar-refractivity contribution >= 4 is 15.9 Å². The summed E-state index contributed by atoms with van der Waals surface area (Å²) in [5, 5.41) is 2.55. The van der Waals surface area contributed by atoms with Crippen LogP contribution in [0.3, 0.4) is 0 Å². The zero-order chi connectivity index (χ0) is 19.3. The molecule has 0 aliphatic rings. The summed E-state index contributed by atoms with van der Waals surface area (Å²) < 4.78 is 53.2. The van der Waals surface area contributed by atoms with Crippen LogP contribution >= 0.6 is 0 Å². The Kier molecular flexibility index (Phi) is 6.44. The molecule has 2 aromatic carbocycles. The average Bonchev–Trinajstić information content (AvgIpc) is 2.54. The standard InChI is InChI=1S/C18H20F2N2O3S/c1-12-3-6-15(7-4-12)26(24,25)21-10-9-18(23)22-13(2)16-8-5-14(19)11-17(16)20/h3-8,11,13,21H,9-10H2,1-2H3,(H,22,23)/t13-/m1/s1. The molecule has 2 aromatic rings. The van der Waals surface area contributed by atoms with Crippen molar-refractivity contribution in [1.82, 2.24) is 10.0 Å². The molecule has 0 saturated carbocycles. The largest absolute Gasteiger partial charge is 0.349 e. The molecule has 1 amide bonds. The van der Waals surface area contributed by atoms with E-state index < -0.39 is 33.6 Å². The Morgan fingerprint density at radius 3 is 2.38 bits per heavy atom. The number of halogens is 2. The molecule has 0 spiro atoms. The van der Waals surface area contributed by atoms with Gasteiger partial charge in [-0.3, -0.25) is 4.79 Å². The summed E-state index contributed by atoms with van der Waals surface area (Å²) in [6, 6.07) is 8.77. The number of nitrogens with one attached hydrogen (secondary N) is 2. The minimum Gasteiger partial charge on any atom is -0.349 e. The van der Waals surface area contributed by atoms with Gasteiger partial charge in [0.15, 0.2) is 0 Å². The van der Waals surface area contributed by atoms with E-state index in [0.717, 1.165) is 17.7 Å². The summed E-state index contributed by atoms with van der Waals surface area (Å²) >= 11 is 0. The smallest absolute Gasteiger partial charge is 0.240 e. The van der Waals surface area contributed by atoms with Gasteiger partial charge in [-0.2, -0.15) is 0 Å². The summed E-state index contributed by atoms with van der Waals surface area (Å²) in [6.45, 7) is 3.31. The lowest BCUT2D eigenvalue weighted by atomic mass is 10.1. The number of rotatable bonds is 7. The Morgan fingerprint density at radius 1 is 1.12 bits per heavy atom. The molecule has 0 heterocycles. The van der Waals surface area contributed by atoms with E-state index in [1.165, 1.54) is 18.2 Å². The zero-order valence-corrected chi connectivity index (χ0v) is 15.2. The SMILES string of the molecule is Cc1ccc(S(=O)(=O)NCCC(=O)N[C@H](C)c2ccc(F)cc2F)cc1. The lowest BCUT2D eigenvalue weighted by Gasteiger charge is -2.15. The highest BCUT2D eigenvalue weighted by Gasteiger charge is 2.16. The lowest BCUT2D eigenvalue weighted by Crippen LogP contribution is -2.32. The van der Waals surface area contributed by atoms with Crippen molar-refractivity contribution in [2.24, 2.45) is 0 Å². The van der Waals surface area contributed by atoms with Crippen LogP contribution in [0, 0.1) is 18.6 Å². The van der Waals surface area contributed by atoms with Crippen molar-refractivity contribution in [2.75, 3.05) is 6.54 Å². The van der Waals surface area contributed by atoms with Gasteiger partial charge in [-0.1, -0.05) is 23.8 Å². The fourth-order valence-corrected chi connectivity index (χ4v) is 3.38. The highest BCUT2D eigenvalue weighted by molar-refractivity contribution is 7.89. The summed E-state index contributed by atoms with van der Waals surface area (Å²) in [5.74, 6) is -1.90. The number of sulfonamides is 1. The van der Waals surface area contributed by atoms with E-state index >= 15 is 0 Å². The summed E-state index contributed by atoms with van der Waals surface area (Å²) in [6.07, 6.45) is -0.113. The van der Waals surface area contributed by atoms with Crippen molar-refractivity contribution in [1.29, 1.82) is 0 Å². The van der Waals surface area contributed by atoms with Crippen LogP contribution in [0.2, 0.25) is 0 Å². The predicted molar refractivity (Wildman–Crippen MR) is 93.9 cm³/mol. The Bertz CT molecular complexity index is 884. The highest BCUT2D eigenvalue weighted by atomic mass is 32.2. The lowest BCUT2D eigenvalue weighted by molar-refractivity contribution is -0.121. The summed E-state index contributed by atoms with van der Waals surface area (Å²) in [4.78, 5) is 12.0. The molecule has 0 aliphatic heterocycles. The maximum Gasteiger partial charge on any atom is 0.240 e. The Hall–Kier alpha value is -2.32. The van der Waals surface area contributed by atoms with Crippen LogP contribution in [0.15, 0.2) is 47.4 Å². The second-order valence-electron chi connectivity index (χ2n) is 5.92. The third-order valence-electron chi connectivity index (χ3n) is 3.78. The first-order valence-corrected chi connectivity index (χ1v) is 9.48. The van der Waals surface area contributed by atoms with Gasteiger partial charge in [-0.25, -0.2) is 21.9 Å². The molecular weight excluding hydrogens is 362 g/mol. The first-order valence-electron chi connectivity index (χ1n) is 7.99. The van der Waals surface area contributed by atoms with Gasteiger partial charge in [0.1, 0.15) is 11.6 Å². The number of carbonyl (C=O) groups excluding carboxylic acids is 1. The molecule has 140 valence electrons. The minimum atomic E-state index is -3.70. The van der Waals surface area contributed by atoms with Crippen LogP contribution < -0.4 is 10.0 Å². The van der Waals surface area contributed by atoms with Gasteiger partial charge >= 0.3 is 0 Å². The number of hydrogen-bond acceptors (Lipinski definition) is 3. The van der Waals surface area contributed by atoms with Crippen LogP contribution in [0.4, 0.5) is 8.78 Å². The quantitative estimate of drug-likeness (QED) is 0.773. The van der Waals surface area contributed by atoms with Crippen molar-refractivity contribution in [3.05, 3.63) is 65.2 Å². The monoisotopic (exact) mass is 382 g/mol. The fraction of sp³-hybridized carbons (Fsp3) is 0.278. The van der Waals surface area contributed by atoms with Gasteiger partial charge in [0.05, 0.1) is 10.9 Å². The number of aryl methyl sites for hydroxylation is 1. The van der Waals surface area contributed by atoms with Gasteiger partial charge in [-0.05, 0) is 32.0 Å². The van der Waals surface area contributed by atoms with E-state index in [1.54, 1.807) is 19.1 Å². The van der Waals surface area contributed by atoms with Crippen LogP contribution in [0.25, 0.3) is 0 Å². The number of amides is 1. The maximum atomic E-state index is 13.7. The van der Waals surface area contributed by atoms with E-state index in [4.69, 9.17) is 0 Å². The molecule has 0 unspecified atom stereocenters. The molecule has 26 heavy (non-hydrogen) atoms. The van der Waals surface area contributed by atoms with Gasteiger partial charge < -0.3 is 5.32 Å². The zero-order valence-electron chi connectivity index (χ0n) is 14.4. The second kappa shape index (κ2) is 8.37. The number of carbonyl (C=O) groups is 1. The highest BCUT2D eigenvalue weighted by Crippen LogP contribution is 2.17. The molecule has 2 N–H and O–H groups in total. The predicted octanol–water partition coefficient (Wildman–Crippen LogP) is 2.82. The van der Waals surface area contributed by atoms with Gasteiger partial charge in [0.25, 0.3) is 0 Å². The van der Waals surface area contributed by atoms with Gasteiger partial charge in [0, 0.05) is 24.6 Å². The summed E-state index contributed by atoms with van der Waals surface area (Å²) in [5.41, 5.74) is 1.09. The Morgan fingerprint density at radius 2 is 1.77 bits per heavy atom. The first kappa shape index (κ1) is 20.0. The normalized spacial score (nSPS) is 12.6. The summed E-state index contributed by atoms with van der Waals surface area (Å²) in [7, 11) is -3.70. The first-order chi connectivity index (χ1) is 12.2. The minimum absolute atomic E-state index is 0.0966. The number of hydrogen-bond donors (Lipinski definition) is 2. The van der Waals surface area contributed by atoms with Crippen molar-refractivity contribution in [3.63, 3.8) is 0 Å². The molecule has 2 rings (SSSR count). The Labute approximate surface area is 151 Å². The van der Waals surface area contributed by atoms with Crippen LogP contribution in [-0.4, -0.2) is 20.9 Å². The van der Waals surface area contributed by atoms with E-state index in [0.29, 0.717) is 0 Å². The van der Waals surface area contributed by atoms with E-state index in [1.807, 2.05) is 6.92 Å². The molecule has 0 radical (unpaired) electrons.